The van der Waals surface area contributed by atoms with Crippen molar-refractivity contribution in [3.05, 3.63) is 43.9 Å². The quantitative estimate of drug-likeness (QED) is 0.356. The monoisotopic (exact) mass is 323 g/mol. The van der Waals surface area contributed by atoms with Gasteiger partial charge in [0.1, 0.15) is 0 Å². The highest BCUT2D eigenvalue weighted by atomic mass is 35.5. The van der Waals surface area contributed by atoms with E-state index in [1.807, 2.05) is 0 Å². The Balaban J connectivity index is 2.76. The molecule has 0 fully saturated rings. The summed E-state index contributed by atoms with van der Waals surface area (Å²) in [6.45, 7) is 3.54. The minimum atomic E-state index is -0.555. The van der Waals surface area contributed by atoms with Crippen LogP contribution >= 0.6 is 46.4 Å². The molecule has 0 spiro atoms. The van der Waals surface area contributed by atoms with Gasteiger partial charge in [-0.1, -0.05) is 52.5 Å². The zero-order valence-corrected chi connectivity index (χ0v) is 11.8. The minimum absolute atomic E-state index is 0.0112. The van der Waals surface area contributed by atoms with Gasteiger partial charge in [0.25, 0.3) is 11.8 Å². The molecule has 7 heteroatoms. The van der Waals surface area contributed by atoms with Gasteiger partial charge in [0, 0.05) is 6.54 Å². The van der Waals surface area contributed by atoms with Crippen molar-refractivity contribution in [1.82, 2.24) is 4.90 Å². The predicted octanol–water partition coefficient (Wildman–Crippen LogP) is 4.08. The van der Waals surface area contributed by atoms with Crippen LogP contribution in [-0.2, 0) is 0 Å². The maximum Gasteiger partial charge on any atom is 0.263 e. The van der Waals surface area contributed by atoms with E-state index in [1.54, 1.807) is 0 Å². The van der Waals surface area contributed by atoms with Crippen molar-refractivity contribution in [1.29, 1.82) is 0 Å². The number of rotatable bonds is 2. The standard InChI is InChI=1S/C11H5Cl4NO2/c1-2-3-16-10(17)4-5(11(16)18)7(13)9(15)8(14)6(4)12/h2H,1,3H2. The Labute approximate surface area is 123 Å². The smallest absolute Gasteiger partial charge is 0.263 e. The molecule has 1 aliphatic rings. The Hall–Kier alpha value is -0.740. The third kappa shape index (κ3) is 1.74. The Morgan fingerprint density at radius 1 is 0.889 bits per heavy atom. The van der Waals surface area contributed by atoms with E-state index < -0.39 is 11.8 Å². The molecule has 18 heavy (non-hydrogen) atoms. The van der Waals surface area contributed by atoms with Gasteiger partial charge >= 0.3 is 0 Å². The molecule has 0 unspecified atom stereocenters. The first kappa shape index (κ1) is 13.7. The molecule has 1 heterocycles. The summed E-state index contributed by atoms with van der Waals surface area (Å²) in [6, 6.07) is 0. The lowest BCUT2D eigenvalue weighted by atomic mass is 10.1. The number of halogens is 4. The molecule has 1 aliphatic heterocycles. The molecule has 2 rings (SSSR count). The van der Waals surface area contributed by atoms with Crippen LogP contribution in [0.5, 0.6) is 0 Å². The van der Waals surface area contributed by atoms with Crippen LogP contribution in [0, 0.1) is 0 Å². The Kier molecular flexibility index (Phi) is 3.60. The molecule has 2 amide bonds. The van der Waals surface area contributed by atoms with Gasteiger partial charge in [-0.2, -0.15) is 0 Å². The van der Waals surface area contributed by atoms with Crippen LogP contribution in [0.2, 0.25) is 20.1 Å². The van der Waals surface area contributed by atoms with Gasteiger partial charge in [-0.25, -0.2) is 0 Å². The zero-order chi connectivity index (χ0) is 13.6. The third-order valence-corrected chi connectivity index (χ3v) is 4.30. The number of fused-ring (bicyclic) bond motifs is 1. The fourth-order valence-electron chi connectivity index (χ4n) is 1.69. The highest BCUT2D eigenvalue weighted by Gasteiger charge is 2.40. The van der Waals surface area contributed by atoms with Gasteiger partial charge in [-0.15, -0.1) is 6.58 Å². The lowest BCUT2D eigenvalue weighted by molar-refractivity contribution is 0.0672. The summed E-state index contributed by atoms with van der Waals surface area (Å²) < 4.78 is 0. The van der Waals surface area contributed by atoms with Crippen LogP contribution in [0.15, 0.2) is 12.7 Å². The number of hydrogen-bond donors (Lipinski definition) is 0. The van der Waals surface area contributed by atoms with E-state index in [1.165, 1.54) is 6.08 Å². The molecule has 0 N–H and O–H groups in total. The van der Waals surface area contributed by atoms with Crippen molar-refractivity contribution in [2.75, 3.05) is 6.54 Å². The van der Waals surface area contributed by atoms with Crippen LogP contribution < -0.4 is 0 Å². The van der Waals surface area contributed by atoms with Crippen LogP contribution in [0.3, 0.4) is 0 Å². The highest BCUT2D eigenvalue weighted by Crippen LogP contribution is 2.44. The first-order valence-corrected chi connectivity index (χ1v) is 6.26. The Bertz CT molecular complexity index is 550. The molecular weight excluding hydrogens is 320 g/mol. The zero-order valence-electron chi connectivity index (χ0n) is 8.77. The first-order valence-electron chi connectivity index (χ1n) is 4.74. The van der Waals surface area contributed by atoms with Crippen molar-refractivity contribution >= 4 is 58.2 Å². The lowest BCUT2D eigenvalue weighted by Crippen LogP contribution is -2.29. The minimum Gasteiger partial charge on any atom is -0.270 e. The summed E-state index contributed by atoms with van der Waals surface area (Å²) in [4.78, 5) is 25.1. The topological polar surface area (TPSA) is 37.4 Å². The summed E-state index contributed by atoms with van der Waals surface area (Å²) in [6.07, 6.45) is 1.42. The molecule has 0 aromatic heterocycles. The fourth-order valence-corrected chi connectivity index (χ4v) is 2.70. The van der Waals surface area contributed by atoms with Gasteiger partial charge in [0.2, 0.25) is 0 Å². The van der Waals surface area contributed by atoms with Crippen molar-refractivity contribution in [3.63, 3.8) is 0 Å². The van der Waals surface area contributed by atoms with E-state index >= 15 is 0 Å². The van der Waals surface area contributed by atoms with Gasteiger partial charge in [0.05, 0.1) is 31.2 Å². The SMILES string of the molecule is C=CCN1C(=O)c2c(Cl)c(Cl)c(Cl)c(Cl)c2C1=O. The number of amides is 2. The number of carbonyl (C=O) groups is 2. The molecule has 0 bridgehead atoms. The van der Waals surface area contributed by atoms with Gasteiger partial charge in [0.15, 0.2) is 0 Å². The molecular formula is C11H5Cl4NO2. The van der Waals surface area contributed by atoms with E-state index in [4.69, 9.17) is 46.4 Å². The summed E-state index contributed by atoms with van der Waals surface area (Å²) >= 11 is 23.6. The average Bonchev–Trinajstić information content (AvgIpc) is 2.59. The summed E-state index contributed by atoms with van der Waals surface area (Å²) in [5, 5.41) is -0.204. The molecule has 0 saturated heterocycles. The van der Waals surface area contributed by atoms with Gasteiger partial charge in [-0.3, -0.25) is 14.5 Å². The van der Waals surface area contributed by atoms with Crippen molar-refractivity contribution in [2.45, 2.75) is 0 Å². The van der Waals surface area contributed by atoms with Gasteiger partial charge in [-0.05, 0) is 0 Å². The second-order valence-corrected chi connectivity index (χ2v) is 5.03. The molecule has 0 aliphatic carbocycles. The molecule has 3 nitrogen and oxygen atoms in total. The summed E-state index contributed by atoms with van der Waals surface area (Å²) in [7, 11) is 0. The van der Waals surface area contributed by atoms with Crippen LogP contribution in [0.1, 0.15) is 20.7 Å². The van der Waals surface area contributed by atoms with Crippen LogP contribution in [-0.4, -0.2) is 23.3 Å². The summed E-state index contributed by atoms with van der Waals surface area (Å²) in [5.41, 5.74) is -0.0224. The Morgan fingerprint density at radius 3 is 1.61 bits per heavy atom. The second kappa shape index (κ2) is 4.74. The maximum absolute atomic E-state index is 12.0. The van der Waals surface area contributed by atoms with Crippen molar-refractivity contribution in [2.24, 2.45) is 0 Å². The molecule has 1 aromatic rings. The van der Waals surface area contributed by atoms with E-state index in [0.717, 1.165) is 4.90 Å². The number of hydrogen-bond acceptors (Lipinski definition) is 2. The largest absolute Gasteiger partial charge is 0.270 e. The number of benzene rings is 1. The second-order valence-electron chi connectivity index (χ2n) is 3.52. The molecule has 1 aromatic carbocycles. The average molecular weight is 325 g/mol. The van der Waals surface area contributed by atoms with E-state index in [2.05, 4.69) is 6.58 Å². The van der Waals surface area contributed by atoms with E-state index in [9.17, 15) is 9.59 Å². The Morgan fingerprint density at radius 2 is 1.28 bits per heavy atom. The first-order chi connectivity index (χ1) is 8.41. The lowest BCUT2D eigenvalue weighted by Gasteiger charge is -2.09. The van der Waals surface area contributed by atoms with Gasteiger partial charge < -0.3 is 0 Å². The number of carbonyl (C=O) groups excluding carboxylic acids is 2. The molecule has 0 saturated carbocycles. The molecule has 94 valence electrons. The fraction of sp³-hybridized carbons (Fsp3) is 0.0909. The van der Waals surface area contributed by atoms with Crippen LogP contribution in [0.25, 0.3) is 0 Å². The molecule has 0 radical (unpaired) electrons. The van der Waals surface area contributed by atoms with E-state index in [-0.39, 0.29) is 37.8 Å². The van der Waals surface area contributed by atoms with E-state index in [0.29, 0.717) is 0 Å². The normalized spacial score (nSPS) is 14.1. The summed E-state index contributed by atoms with van der Waals surface area (Å²) in [5.74, 6) is -1.11. The number of nitrogens with zero attached hydrogens (tertiary/aromatic N) is 1. The predicted molar refractivity (Wildman–Crippen MR) is 72.0 cm³/mol. The van der Waals surface area contributed by atoms with Crippen molar-refractivity contribution < 1.29 is 9.59 Å². The van der Waals surface area contributed by atoms with Crippen LogP contribution in [0.4, 0.5) is 0 Å². The van der Waals surface area contributed by atoms with Crippen molar-refractivity contribution in [3.8, 4) is 0 Å². The third-order valence-electron chi connectivity index (χ3n) is 2.50. The molecule has 0 atom stereocenters. The maximum atomic E-state index is 12.0. The highest BCUT2D eigenvalue weighted by molar-refractivity contribution is 6.55. The number of imide groups is 1.